The molecule has 4 nitrogen and oxygen atoms in total. The highest BCUT2D eigenvalue weighted by molar-refractivity contribution is 6.30. The lowest BCUT2D eigenvalue weighted by molar-refractivity contribution is -0.121. The fraction of sp³-hybridized carbons (Fsp3) is 0.263. The Bertz CT molecular complexity index is 697. The third kappa shape index (κ3) is 6.42. The van der Waals surface area contributed by atoms with Crippen molar-refractivity contribution in [2.24, 2.45) is 11.0 Å². The Balaban J connectivity index is 1.83. The number of carbonyl (C=O) groups excluding carboxylic acids is 1. The van der Waals surface area contributed by atoms with Crippen molar-refractivity contribution in [3.63, 3.8) is 0 Å². The lowest BCUT2D eigenvalue weighted by Gasteiger charge is -2.07. The number of hydrogen-bond donors (Lipinski definition) is 1. The minimum atomic E-state index is -0.0808. The van der Waals surface area contributed by atoms with Crippen LogP contribution in [-0.2, 0) is 11.4 Å². The van der Waals surface area contributed by atoms with Gasteiger partial charge in [0.15, 0.2) is 0 Å². The number of amides is 1. The van der Waals surface area contributed by atoms with Gasteiger partial charge in [-0.05, 0) is 53.4 Å². The first-order chi connectivity index (χ1) is 11.5. The monoisotopic (exact) mass is 344 g/mol. The standard InChI is InChI=1S/C19H21ClN2O2/c1-14(2)10-19(23)22-21-12-15-6-8-18(9-7-15)24-13-16-4-3-5-17(20)11-16/h3-9,11-12,14H,10,13H2,1-2H3,(H,22,23)/b21-12+. The third-order valence-electron chi connectivity index (χ3n) is 3.17. The number of nitrogens with zero attached hydrogens (tertiary/aromatic N) is 1. The van der Waals surface area contributed by atoms with E-state index in [0.717, 1.165) is 16.9 Å². The maximum Gasteiger partial charge on any atom is 0.240 e. The van der Waals surface area contributed by atoms with Crippen molar-refractivity contribution >= 4 is 23.7 Å². The van der Waals surface area contributed by atoms with Crippen LogP contribution in [0.4, 0.5) is 0 Å². The fourth-order valence-corrected chi connectivity index (χ4v) is 2.25. The summed E-state index contributed by atoms with van der Waals surface area (Å²) in [5.74, 6) is 0.995. The van der Waals surface area contributed by atoms with Crippen molar-refractivity contribution in [2.75, 3.05) is 0 Å². The molecule has 2 aromatic carbocycles. The molecule has 0 fully saturated rings. The molecular weight excluding hydrogens is 324 g/mol. The van der Waals surface area contributed by atoms with Gasteiger partial charge >= 0.3 is 0 Å². The molecule has 0 saturated carbocycles. The molecule has 0 aliphatic carbocycles. The molecule has 0 saturated heterocycles. The highest BCUT2D eigenvalue weighted by Gasteiger charge is 2.02. The van der Waals surface area contributed by atoms with Crippen molar-refractivity contribution in [3.8, 4) is 5.75 Å². The molecule has 0 aliphatic rings. The largest absolute Gasteiger partial charge is 0.489 e. The van der Waals surface area contributed by atoms with Gasteiger partial charge in [-0.15, -0.1) is 0 Å². The van der Waals surface area contributed by atoms with Gasteiger partial charge in [-0.3, -0.25) is 4.79 Å². The number of hydrazone groups is 1. The minimum absolute atomic E-state index is 0.0808. The quantitative estimate of drug-likeness (QED) is 0.597. The van der Waals surface area contributed by atoms with Crippen LogP contribution >= 0.6 is 11.6 Å². The SMILES string of the molecule is CC(C)CC(=O)N/N=C/c1ccc(OCc2cccc(Cl)c2)cc1. The van der Waals surface area contributed by atoms with Crippen LogP contribution in [0.5, 0.6) is 5.75 Å². The van der Waals surface area contributed by atoms with Crippen LogP contribution in [0.25, 0.3) is 0 Å². The van der Waals surface area contributed by atoms with E-state index >= 15 is 0 Å². The summed E-state index contributed by atoms with van der Waals surface area (Å²) < 4.78 is 5.72. The number of carbonyl (C=O) groups is 1. The van der Waals surface area contributed by atoms with E-state index in [-0.39, 0.29) is 5.91 Å². The van der Waals surface area contributed by atoms with Gasteiger partial charge in [0.2, 0.25) is 5.91 Å². The number of rotatable bonds is 7. The van der Waals surface area contributed by atoms with Gasteiger partial charge < -0.3 is 4.74 Å². The second-order valence-corrected chi connectivity index (χ2v) is 6.32. The molecule has 0 atom stereocenters. The van der Waals surface area contributed by atoms with Crippen molar-refractivity contribution in [2.45, 2.75) is 26.9 Å². The van der Waals surface area contributed by atoms with Crippen molar-refractivity contribution in [1.82, 2.24) is 5.43 Å². The number of halogens is 1. The second-order valence-electron chi connectivity index (χ2n) is 5.88. The Morgan fingerprint density at radius 2 is 2.00 bits per heavy atom. The van der Waals surface area contributed by atoms with Gasteiger partial charge in [0, 0.05) is 11.4 Å². The summed E-state index contributed by atoms with van der Waals surface area (Å²) in [5, 5.41) is 4.64. The van der Waals surface area contributed by atoms with E-state index in [1.807, 2.05) is 62.4 Å². The van der Waals surface area contributed by atoms with E-state index in [4.69, 9.17) is 16.3 Å². The molecule has 2 aromatic rings. The van der Waals surface area contributed by atoms with Crippen LogP contribution in [0.3, 0.4) is 0 Å². The maximum atomic E-state index is 11.5. The summed E-state index contributed by atoms with van der Waals surface area (Å²) >= 11 is 5.95. The predicted octanol–water partition coefficient (Wildman–Crippen LogP) is 4.42. The number of nitrogens with one attached hydrogen (secondary N) is 1. The summed E-state index contributed by atoms with van der Waals surface area (Å²) in [6, 6.07) is 15.1. The summed E-state index contributed by atoms with van der Waals surface area (Å²) in [5.41, 5.74) is 4.41. The summed E-state index contributed by atoms with van der Waals surface area (Å²) in [4.78, 5) is 11.5. The highest BCUT2D eigenvalue weighted by atomic mass is 35.5. The Morgan fingerprint density at radius 1 is 1.25 bits per heavy atom. The average molecular weight is 345 g/mol. The first-order valence-corrected chi connectivity index (χ1v) is 8.20. The minimum Gasteiger partial charge on any atom is -0.489 e. The summed E-state index contributed by atoms with van der Waals surface area (Å²) in [6.07, 6.45) is 2.08. The smallest absolute Gasteiger partial charge is 0.240 e. The zero-order chi connectivity index (χ0) is 17.4. The van der Waals surface area contributed by atoms with Gasteiger partial charge in [0.1, 0.15) is 12.4 Å². The van der Waals surface area contributed by atoms with E-state index in [1.165, 1.54) is 0 Å². The van der Waals surface area contributed by atoms with Crippen LogP contribution in [-0.4, -0.2) is 12.1 Å². The Labute approximate surface area is 147 Å². The van der Waals surface area contributed by atoms with Gasteiger partial charge in [0.25, 0.3) is 0 Å². The lowest BCUT2D eigenvalue weighted by atomic mass is 10.1. The maximum absolute atomic E-state index is 11.5. The zero-order valence-corrected chi connectivity index (χ0v) is 14.6. The molecule has 0 heterocycles. The normalized spacial score (nSPS) is 11.0. The molecule has 0 aromatic heterocycles. The molecule has 0 aliphatic heterocycles. The molecule has 5 heteroatoms. The van der Waals surface area contributed by atoms with Crippen LogP contribution in [0.1, 0.15) is 31.4 Å². The number of hydrogen-bond acceptors (Lipinski definition) is 3. The Morgan fingerprint density at radius 3 is 2.67 bits per heavy atom. The molecule has 0 bridgehead atoms. The van der Waals surface area contributed by atoms with Crippen molar-refractivity contribution < 1.29 is 9.53 Å². The summed E-state index contributed by atoms with van der Waals surface area (Å²) in [7, 11) is 0. The molecular formula is C19H21ClN2O2. The van der Waals surface area contributed by atoms with E-state index in [9.17, 15) is 4.79 Å². The number of ether oxygens (including phenoxy) is 1. The highest BCUT2D eigenvalue weighted by Crippen LogP contribution is 2.15. The molecule has 24 heavy (non-hydrogen) atoms. The van der Waals surface area contributed by atoms with Gasteiger partial charge in [-0.2, -0.15) is 5.10 Å². The number of benzene rings is 2. The average Bonchev–Trinajstić information content (AvgIpc) is 2.53. The molecule has 0 unspecified atom stereocenters. The predicted molar refractivity (Wildman–Crippen MR) is 97.4 cm³/mol. The van der Waals surface area contributed by atoms with E-state index < -0.39 is 0 Å². The topological polar surface area (TPSA) is 50.7 Å². The second kappa shape index (κ2) is 9.08. The molecule has 1 amide bonds. The van der Waals surface area contributed by atoms with Crippen LogP contribution < -0.4 is 10.2 Å². The van der Waals surface area contributed by atoms with Crippen molar-refractivity contribution in [1.29, 1.82) is 0 Å². The molecule has 126 valence electrons. The molecule has 0 spiro atoms. The Hall–Kier alpha value is -2.33. The third-order valence-corrected chi connectivity index (χ3v) is 3.41. The summed E-state index contributed by atoms with van der Waals surface area (Å²) in [6.45, 7) is 4.44. The van der Waals surface area contributed by atoms with Crippen molar-refractivity contribution in [3.05, 3.63) is 64.7 Å². The van der Waals surface area contributed by atoms with Gasteiger partial charge in [-0.25, -0.2) is 5.43 Å². The molecule has 0 radical (unpaired) electrons. The molecule has 1 N–H and O–H groups in total. The Kier molecular flexibility index (Phi) is 6.82. The van der Waals surface area contributed by atoms with Crippen LogP contribution in [0.15, 0.2) is 53.6 Å². The lowest BCUT2D eigenvalue weighted by Crippen LogP contribution is -2.19. The zero-order valence-electron chi connectivity index (χ0n) is 13.8. The van der Waals surface area contributed by atoms with Gasteiger partial charge in [0.05, 0.1) is 6.21 Å². The first-order valence-electron chi connectivity index (χ1n) is 7.82. The van der Waals surface area contributed by atoms with E-state index in [0.29, 0.717) is 24.0 Å². The van der Waals surface area contributed by atoms with Crippen LogP contribution in [0, 0.1) is 5.92 Å². The van der Waals surface area contributed by atoms with E-state index in [1.54, 1.807) is 6.21 Å². The van der Waals surface area contributed by atoms with E-state index in [2.05, 4.69) is 10.5 Å². The van der Waals surface area contributed by atoms with Crippen LogP contribution in [0.2, 0.25) is 5.02 Å². The fourth-order valence-electron chi connectivity index (χ4n) is 2.04. The van der Waals surface area contributed by atoms with Gasteiger partial charge in [-0.1, -0.05) is 37.6 Å². The molecule has 2 rings (SSSR count). The first kappa shape index (κ1) is 18.0.